The van der Waals surface area contributed by atoms with Gasteiger partial charge < -0.3 is 5.32 Å². The number of aromatic amines is 1. The van der Waals surface area contributed by atoms with E-state index >= 15 is 0 Å². The number of halogens is 1. The molecule has 1 aliphatic carbocycles. The van der Waals surface area contributed by atoms with Gasteiger partial charge >= 0.3 is 0 Å². The zero-order chi connectivity index (χ0) is 18.1. The van der Waals surface area contributed by atoms with Gasteiger partial charge in [-0.05, 0) is 42.4 Å². The van der Waals surface area contributed by atoms with E-state index in [0.717, 1.165) is 36.1 Å². The third-order valence-electron chi connectivity index (χ3n) is 4.92. The molecule has 0 fully saturated rings. The number of hydrogen-bond acceptors (Lipinski definition) is 4. The molecule has 26 heavy (non-hydrogen) atoms. The molecule has 0 bridgehead atoms. The highest BCUT2D eigenvalue weighted by atomic mass is 19.1. The van der Waals surface area contributed by atoms with Crippen molar-refractivity contribution in [3.05, 3.63) is 59.4 Å². The number of anilines is 1. The van der Waals surface area contributed by atoms with E-state index in [9.17, 15) is 4.39 Å². The Bertz CT molecular complexity index is 917. The highest BCUT2D eigenvalue weighted by Crippen LogP contribution is 2.38. The molecule has 0 aliphatic heterocycles. The second-order valence-corrected chi connectivity index (χ2v) is 7.65. The van der Waals surface area contributed by atoms with Crippen LogP contribution in [0, 0.1) is 11.4 Å². The molecule has 3 aromatic heterocycles. The molecule has 0 saturated heterocycles. The van der Waals surface area contributed by atoms with Crippen LogP contribution in [0.25, 0.3) is 11.3 Å². The number of nitrogens with zero attached hydrogens (tertiary/aromatic N) is 3. The molecule has 0 aromatic carbocycles. The summed E-state index contributed by atoms with van der Waals surface area (Å²) in [7, 11) is 0. The van der Waals surface area contributed by atoms with E-state index in [1.54, 1.807) is 12.4 Å². The Morgan fingerprint density at radius 3 is 3.00 bits per heavy atom. The number of nitrogens with one attached hydrogen (secondary N) is 2. The van der Waals surface area contributed by atoms with E-state index in [1.807, 2.05) is 18.2 Å². The maximum Gasteiger partial charge on any atom is 0.215 e. The Labute approximate surface area is 152 Å². The predicted molar refractivity (Wildman–Crippen MR) is 99.1 cm³/mol. The summed E-state index contributed by atoms with van der Waals surface area (Å²) in [4.78, 5) is 8.04. The van der Waals surface area contributed by atoms with Gasteiger partial charge in [-0.15, -0.1) is 0 Å². The van der Waals surface area contributed by atoms with E-state index in [4.69, 9.17) is 0 Å². The summed E-state index contributed by atoms with van der Waals surface area (Å²) >= 11 is 0. The molecule has 0 radical (unpaired) electrons. The summed E-state index contributed by atoms with van der Waals surface area (Å²) < 4.78 is 14.1. The zero-order valence-electron chi connectivity index (χ0n) is 15.0. The van der Waals surface area contributed by atoms with Gasteiger partial charge in [0.15, 0.2) is 0 Å². The molecule has 134 valence electrons. The van der Waals surface area contributed by atoms with Gasteiger partial charge in [0.1, 0.15) is 5.82 Å². The minimum Gasteiger partial charge on any atom is -0.366 e. The molecule has 3 aromatic rings. The average Bonchev–Trinajstić information content (AvgIpc) is 3.02. The normalized spacial score (nSPS) is 15.5. The molecule has 0 atom stereocenters. The van der Waals surface area contributed by atoms with Crippen molar-refractivity contribution < 1.29 is 4.39 Å². The first-order chi connectivity index (χ1) is 12.5. The van der Waals surface area contributed by atoms with Gasteiger partial charge in [0.2, 0.25) is 5.95 Å². The molecule has 1 aliphatic rings. The van der Waals surface area contributed by atoms with Gasteiger partial charge in [0.25, 0.3) is 0 Å². The van der Waals surface area contributed by atoms with Crippen LogP contribution < -0.4 is 5.32 Å². The standard InChI is InChI=1S/C20H22FN5/c1-20(2)6-5-15-16(10-20)25-26-19(15)14-8-17(21)24-18(9-14)23-12-13-4-3-7-22-11-13/h3-4,7-9,11H,5-6,10,12H2,1-2H3,(H,23,24)(H,25,26). The van der Waals surface area contributed by atoms with E-state index in [-0.39, 0.29) is 5.41 Å². The predicted octanol–water partition coefficient (Wildman–Crippen LogP) is 4.13. The topological polar surface area (TPSA) is 66.5 Å². The third-order valence-corrected chi connectivity index (χ3v) is 4.92. The number of fused-ring (bicyclic) bond motifs is 1. The van der Waals surface area contributed by atoms with Crippen LogP contribution in [0.15, 0.2) is 36.7 Å². The number of pyridine rings is 2. The molecule has 0 spiro atoms. The summed E-state index contributed by atoms with van der Waals surface area (Å²) in [6, 6.07) is 7.14. The fourth-order valence-corrected chi connectivity index (χ4v) is 3.51. The molecule has 0 amide bonds. The van der Waals surface area contributed by atoms with Gasteiger partial charge in [-0.1, -0.05) is 19.9 Å². The van der Waals surface area contributed by atoms with Crippen LogP contribution >= 0.6 is 0 Å². The average molecular weight is 351 g/mol. The second-order valence-electron chi connectivity index (χ2n) is 7.65. The summed E-state index contributed by atoms with van der Waals surface area (Å²) in [5.74, 6) is -0.0131. The molecular formula is C20H22FN5. The van der Waals surface area contributed by atoms with Crippen LogP contribution in [0.2, 0.25) is 0 Å². The SMILES string of the molecule is CC1(C)CCc2c(-c3cc(F)nc(NCc4cccnc4)c3)n[nH]c2C1. The first kappa shape index (κ1) is 16.7. The number of rotatable bonds is 4. The van der Waals surface area contributed by atoms with Crippen molar-refractivity contribution >= 4 is 5.82 Å². The van der Waals surface area contributed by atoms with Crippen molar-refractivity contribution in [3.63, 3.8) is 0 Å². The van der Waals surface area contributed by atoms with Crippen LogP contribution in [-0.2, 0) is 19.4 Å². The fourth-order valence-electron chi connectivity index (χ4n) is 3.51. The lowest BCUT2D eigenvalue weighted by molar-refractivity contribution is 0.312. The third kappa shape index (κ3) is 3.45. The first-order valence-electron chi connectivity index (χ1n) is 8.87. The van der Waals surface area contributed by atoms with Gasteiger partial charge in [0.05, 0.1) is 5.69 Å². The van der Waals surface area contributed by atoms with E-state index < -0.39 is 5.95 Å². The fraction of sp³-hybridized carbons (Fsp3) is 0.350. The van der Waals surface area contributed by atoms with Crippen molar-refractivity contribution in [2.24, 2.45) is 5.41 Å². The van der Waals surface area contributed by atoms with Gasteiger partial charge in [-0.3, -0.25) is 10.1 Å². The van der Waals surface area contributed by atoms with E-state index in [2.05, 4.69) is 39.3 Å². The summed E-state index contributed by atoms with van der Waals surface area (Å²) in [5.41, 5.74) is 5.24. The maximum atomic E-state index is 14.1. The quantitative estimate of drug-likeness (QED) is 0.694. The monoisotopic (exact) mass is 351 g/mol. The van der Waals surface area contributed by atoms with E-state index in [0.29, 0.717) is 12.4 Å². The van der Waals surface area contributed by atoms with Crippen molar-refractivity contribution in [1.82, 2.24) is 20.2 Å². The van der Waals surface area contributed by atoms with Crippen molar-refractivity contribution in [2.45, 2.75) is 39.7 Å². The summed E-state index contributed by atoms with van der Waals surface area (Å²) in [6.07, 6.45) is 6.53. The van der Waals surface area contributed by atoms with Gasteiger partial charge in [-0.25, -0.2) is 4.98 Å². The molecule has 5 nitrogen and oxygen atoms in total. The lowest BCUT2D eigenvalue weighted by Crippen LogP contribution is -2.21. The number of H-pyrrole nitrogens is 1. The van der Waals surface area contributed by atoms with Crippen molar-refractivity contribution in [2.75, 3.05) is 5.32 Å². The van der Waals surface area contributed by atoms with Gasteiger partial charge in [-0.2, -0.15) is 9.49 Å². The van der Waals surface area contributed by atoms with E-state index in [1.165, 1.54) is 17.3 Å². The molecule has 6 heteroatoms. The summed E-state index contributed by atoms with van der Waals surface area (Å²) in [5, 5.41) is 10.8. The second kappa shape index (κ2) is 6.52. The minimum absolute atomic E-state index is 0.275. The molecule has 4 rings (SSSR count). The van der Waals surface area contributed by atoms with Crippen LogP contribution in [-0.4, -0.2) is 20.2 Å². The number of aromatic nitrogens is 4. The molecule has 3 heterocycles. The van der Waals surface area contributed by atoms with Crippen LogP contribution in [0.1, 0.15) is 37.1 Å². The minimum atomic E-state index is -0.510. The maximum absolute atomic E-state index is 14.1. The smallest absolute Gasteiger partial charge is 0.215 e. The lowest BCUT2D eigenvalue weighted by Gasteiger charge is -2.29. The Balaban J connectivity index is 1.60. The Morgan fingerprint density at radius 2 is 2.19 bits per heavy atom. The van der Waals surface area contributed by atoms with Crippen molar-refractivity contribution in [3.8, 4) is 11.3 Å². The Hall–Kier alpha value is -2.76. The van der Waals surface area contributed by atoms with Crippen LogP contribution in [0.3, 0.4) is 0 Å². The zero-order valence-corrected chi connectivity index (χ0v) is 15.0. The van der Waals surface area contributed by atoms with Gasteiger partial charge in [0, 0.05) is 41.8 Å². The molecule has 2 N–H and O–H groups in total. The highest BCUT2D eigenvalue weighted by Gasteiger charge is 2.29. The summed E-state index contributed by atoms with van der Waals surface area (Å²) in [6.45, 7) is 5.07. The molecule has 0 saturated carbocycles. The largest absolute Gasteiger partial charge is 0.366 e. The Morgan fingerprint density at radius 1 is 1.31 bits per heavy atom. The lowest BCUT2D eigenvalue weighted by atomic mass is 9.76. The first-order valence-corrected chi connectivity index (χ1v) is 8.87. The Kier molecular flexibility index (Phi) is 4.18. The molecule has 0 unspecified atom stereocenters. The van der Waals surface area contributed by atoms with Crippen molar-refractivity contribution in [1.29, 1.82) is 0 Å². The number of hydrogen-bond donors (Lipinski definition) is 2. The molecular weight excluding hydrogens is 329 g/mol. The van der Waals surface area contributed by atoms with Crippen LogP contribution in [0.4, 0.5) is 10.2 Å². The van der Waals surface area contributed by atoms with Crippen LogP contribution in [0.5, 0.6) is 0 Å². The highest BCUT2D eigenvalue weighted by molar-refractivity contribution is 5.67.